The minimum atomic E-state index is -0.134. The molecule has 0 amide bonds. The first kappa shape index (κ1) is 10.5. The monoisotopic (exact) mass is 227 g/mol. The molecule has 88 valence electrons. The molecule has 0 saturated heterocycles. The van der Waals surface area contributed by atoms with E-state index in [-0.39, 0.29) is 5.41 Å². The SMILES string of the molecule is CC(C)(c1ccccc1)c1n[nH]c(C2CC2)n1. The molecule has 0 aliphatic heterocycles. The first-order chi connectivity index (χ1) is 8.18. The van der Waals surface area contributed by atoms with Gasteiger partial charge in [-0.1, -0.05) is 30.3 Å². The number of nitrogens with zero attached hydrogens (tertiary/aromatic N) is 2. The van der Waals surface area contributed by atoms with E-state index in [0.717, 1.165) is 11.6 Å². The lowest BCUT2D eigenvalue weighted by Gasteiger charge is -2.21. The molecule has 1 aliphatic carbocycles. The molecule has 1 saturated carbocycles. The number of aromatic nitrogens is 3. The lowest BCUT2D eigenvalue weighted by atomic mass is 9.84. The summed E-state index contributed by atoms with van der Waals surface area (Å²) in [6, 6.07) is 10.4. The minimum Gasteiger partial charge on any atom is -0.263 e. The number of hydrogen-bond acceptors (Lipinski definition) is 2. The molecule has 3 nitrogen and oxygen atoms in total. The van der Waals surface area contributed by atoms with Gasteiger partial charge in [0.2, 0.25) is 0 Å². The third-order valence-electron chi connectivity index (χ3n) is 3.52. The molecule has 1 heterocycles. The van der Waals surface area contributed by atoms with Gasteiger partial charge in [0.25, 0.3) is 0 Å². The van der Waals surface area contributed by atoms with Crippen LogP contribution in [0.3, 0.4) is 0 Å². The average molecular weight is 227 g/mol. The number of hydrogen-bond donors (Lipinski definition) is 1. The van der Waals surface area contributed by atoms with Gasteiger partial charge in [-0.15, -0.1) is 0 Å². The zero-order valence-corrected chi connectivity index (χ0v) is 10.3. The Morgan fingerprint density at radius 1 is 1.18 bits per heavy atom. The summed E-state index contributed by atoms with van der Waals surface area (Å²) in [4.78, 5) is 4.65. The van der Waals surface area contributed by atoms with E-state index in [9.17, 15) is 0 Å². The fourth-order valence-electron chi connectivity index (χ4n) is 2.08. The fourth-order valence-corrected chi connectivity index (χ4v) is 2.08. The molecule has 17 heavy (non-hydrogen) atoms. The van der Waals surface area contributed by atoms with Crippen molar-refractivity contribution in [2.45, 2.75) is 38.0 Å². The summed E-state index contributed by atoms with van der Waals surface area (Å²) in [5, 5.41) is 7.47. The lowest BCUT2D eigenvalue weighted by molar-refractivity contribution is 0.593. The molecule has 3 rings (SSSR count). The van der Waals surface area contributed by atoms with Gasteiger partial charge in [0, 0.05) is 5.92 Å². The maximum absolute atomic E-state index is 4.65. The van der Waals surface area contributed by atoms with Crippen LogP contribution in [0.15, 0.2) is 30.3 Å². The zero-order valence-electron chi connectivity index (χ0n) is 10.3. The number of H-pyrrole nitrogens is 1. The van der Waals surface area contributed by atoms with Gasteiger partial charge in [0.1, 0.15) is 5.82 Å². The van der Waals surface area contributed by atoms with Gasteiger partial charge in [-0.2, -0.15) is 5.10 Å². The molecule has 0 atom stereocenters. The number of benzene rings is 1. The topological polar surface area (TPSA) is 41.6 Å². The van der Waals surface area contributed by atoms with Crippen LogP contribution in [0.25, 0.3) is 0 Å². The smallest absolute Gasteiger partial charge is 0.160 e. The molecule has 1 aromatic carbocycles. The van der Waals surface area contributed by atoms with Crippen LogP contribution in [0.1, 0.15) is 49.8 Å². The van der Waals surface area contributed by atoms with Crippen LogP contribution < -0.4 is 0 Å². The highest BCUT2D eigenvalue weighted by Gasteiger charge is 2.32. The molecule has 0 radical (unpaired) electrons. The Morgan fingerprint density at radius 3 is 2.53 bits per heavy atom. The van der Waals surface area contributed by atoms with Gasteiger partial charge < -0.3 is 0 Å². The summed E-state index contributed by atoms with van der Waals surface area (Å²) in [5.41, 5.74) is 1.12. The predicted octanol–water partition coefficient (Wildman–Crippen LogP) is 3.01. The first-order valence-corrected chi connectivity index (χ1v) is 6.16. The van der Waals surface area contributed by atoms with Gasteiger partial charge in [-0.3, -0.25) is 5.10 Å². The Morgan fingerprint density at radius 2 is 1.88 bits per heavy atom. The third kappa shape index (κ3) is 1.86. The van der Waals surface area contributed by atoms with E-state index in [2.05, 4.69) is 53.3 Å². The highest BCUT2D eigenvalue weighted by molar-refractivity contribution is 5.30. The molecule has 0 bridgehead atoms. The largest absolute Gasteiger partial charge is 0.263 e. The van der Waals surface area contributed by atoms with Gasteiger partial charge in [0.05, 0.1) is 5.41 Å². The van der Waals surface area contributed by atoms with Crippen LogP contribution in [0.4, 0.5) is 0 Å². The Labute approximate surface area is 101 Å². The van der Waals surface area contributed by atoms with Crippen molar-refractivity contribution in [1.82, 2.24) is 15.2 Å². The normalized spacial score (nSPS) is 16.1. The quantitative estimate of drug-likeness (QED) is 0.875. The standard InChI is InChI=1S/C14H17N3/c1-14(2,11-6-4-3-5-7-11)13-15-12(16-17-13)10-8-9-10/h3-7,10H,8-9H2,1-2H3,(H,15,16,17). The summed E-state index contributed by atoms with van der Waals surface area (Å²) < 4.78 is 0. The molecule has 2 aromatic rings. The summed E-state index contributed by atoms with van der Waals surface area (Å²) in [6.07, 6.45) is 2.50. The minimum absolute atomic E-state index is 0.134. The third-order valence-corrected chi connectivity index (χ3v) is 3.52. The summed E-state index contributed by atoms with van der Waals surface area (Å²) in [5.74, 6) is 2.58. The van der Waals surface area contributed by atoms with Crippen LogP contribution in [0.2, 0.25) is 0 Å². The second kappa shape index (κ2) is 3.69. The highest BCUT2D eigenvalue weighted by atomic mass is 15.2. The van der Waals surface area contributed by atoms with Crippen LogP contribution in [0.5, 0.6) is 0 Å². The molecule has 1 fully saturated rings. The van der Waals surface area contributed by atoms with Crippen molar-refractivity contribution in [2.75, 3.05) is 0 Å². The van der Waals surface area contributed by atoms with Gasteiger partial charge in [-0.25, -0.2) is 4.98 Å². The molecule has 1 aliphatic rings. The first-order valence-electron chi connectivity index (χ1n) is 6.16. The Bertz CT molecular complexity index is 509. The van der Waals surface area contributed by atoms with Crippen molar-refractivity contribution in [2.24, 2.45) is 0 Å². The van der Waals surface area contributed by atoms with Crippen LogP contribution in [-0.2, 0) is 5.41 Å². The lowest BCUT2D eigenvalue weighted by Crippen LogP contribution is -2.20. The van der Waals surface area contributed by atoms with E-state index >= 15 is 0 Å². The maximum atomic E-state index is 4.65. The summed E-state index contributed by atoms with van der Waals surface area (Å²) in [7, 11) is 0. The molecule has 1 aromatic heterocycles. The highest BCUT2D eigenvalue weighted by Crippen LogP contribution is 2.39. The van der Waals surface area contributed by atoms with Crippen LogP contribution in [0, 0.1) is 0 Å². The van der Waals surface area contributed by atoms with Gasteiger partial charge >= 0.3 is 0 Å². The Hall–Kier alpha value is -1.64. The Balaban J connectivity index is 1.95. The van der Waals surface area contributed by atoms with Crippen molar-refractivity contribution in [3.63, 3.8) is 0 Å². The van der Waals surface area contributed by atoms with Crippen LogP contribution >= 0.6 is 0 Å². The second-order valence-corrected chi connectivity index (χ2v) is 5.31. The molecule has 3 heteroatoms. The van der Waals surface area contributed by atoms with Crippen molar-refractivity contribution >= 4 is 0 Å². The maximum Gasteiger partial charge on any atom is 0.160 e. The van der Waals surface area contributed by atoms with Crippen molar-refractivity contribution in [1.29, 1.82) is 0 Å². The molecular weight excluding hydrogens is 210 g/mol. The zero-order chi connectivity index (χ0) is 11.9. The van der Waals surface area contributed by atoms with Crippen LogP contribution in [-0.4, -0.2) is 15.2 Å². The van der Waals surface area contributed by atoms with Crippen molar-refractivity contribution in [3.05, 3.63) is 47.5 Å². The molecule has 0 unspecified atom stereocenters. The summed E-state index contributed by atoms with van der Waals surface area (Å²) in [6.45, 7) is 4.34. The van der Waals surface area contributed by atoms with Gasteiger partial charge in [-0.05, 0) is 32.3 Å². The van der Waals surface area contributed by atoms with E-state index in [0.29, 0.717) is 5.92 Å². The van der Waals surface area contributed by atoms with Crippen molar-refractivity contribution < 1.29 is 0 Å². The van der Waals surface area contributed by atoms with Gasteiger partial charge in [0.15, 0.2) is 5.82 Å². The molecule has 1 N–H and O–H groups in total. The summed E-state index contributed by atoms with van der Waals surface area (Å²) >= 11 is 0. The Kier molecular flexibility index (Phi) is 2.28. The van der Waals surface area contributed by atoms with E-state index in [1.54, 1.807) is 0 Å². The van der Waals surface area contributed by atoms with E-state index in [4.69, 9.17) is 0 Å². The average Bonchev–Trinajstić information content (AvgIpc) is 3.08. The number of rotatable bonds is 3. The van der Waals surface area contributed by atoms with E-state index < -0.39 is 0 Å². The molecular formula is C14H17N3. The second-order valence-electron chi connectivity index (χ2n) is 5.31. The number of aromatic amines is 1. The molecule has 0 spiro atoms. The predicted molar refractivity (Wildman–Crippen MR) is 66.9 cm³/mol. The number of nitrogens with one attached hydrogen (secondary N) is 1. The fraction of sp³-hybridized carbons (Fsp3) is 0.429. The van der Waals surface area contributed by atoms with Crippen molar-refractivity contribution in [3.8, 4) is 0 Å². The van der Waals surface area contributed by atoms with E-state index in [1.807, 2.05) is 6.07 Å². The van der Waals surface area contributed by atoms with E-state index in [1.165, 1.54) is 18.4 Å².